The number of hydrogen-bond acceptors (Lipinski definition) is 5. The van der Waals surface area contributed by atoms with Gasteiger partial charge in [-0.1, -0.05) is 29.0 Å². The second-order valence-corrected chi connectivity index (χ2v) is 10.7. The third-order valence-electron chi connectivity index (χ3n) is 4.61. The van der Waals surface area contributed by atoms with Crippen LogP contribution in [0, 0.1) is 6.92 Å². The highest BCUT2D eigenvalue weighted by molar-refractivity contribution is 7.98. The number of benzene rings is 2. The molecule has 2 aromatic carbocycles. The van der Waals surface area contributed by atoms with E-state index in [1.165, 1.54) is 16.2 Å². The Kier molecular flexibility index (Phi) is 6.97. The molecule has 29 heavy (non-hydrogen) atoms. The van der Waals surface area contributed by atoms with Gasteiger partial charge in [-0.25, -0.2) is 8.42 Å². The van der Waals surface area contributed by atoms with Crippen molar-refractivity contribution < 1.29 is 13.2 Å². The highest BCUT2D eigenvalue weighted by atomic mass is 32.2. The van der Waals surface area contributed by atoms with Crippen LogP contribution in [-0.4, -0.2) is 30.9 Å². The topological polar surface area (TPSA) is 68.5 Å². The first-order valence-electron chi connectivity index (χ1n) is 9.38. The summed E-state index contributed by atoms with van der Waals surface area (Å²) in [5, 5.41) is 0. The van der Waals surface area contributed by atoms with Crippen LogP contribution in [-0.2, 0) is 21.2 Å². The Morgan fingerprint density at radius 3 is 2.55 bits per heavy atom. The predicted octanol–water partition coefficient (Wildman–Crippen LogP) is 4.43. The lowest BCUT2D eigenvalue weighted by molar-refractivity contribution is -0.118. The summed E-state index contributed by atoms with van der Waals surface area (Å²) in [5.41, 5.74) is 2.07. The van der Waals surface area contributed by atoms with E-state index in [9.17, 15) is 13.2 Å². The number of thioether (sulfide) groups is 1. The van der Waals surface area contributed by atoms with Gasteiger partial charge in [0.25, 0.3) is 0 Å². The van der Waals surface area contributed by atoms with E-state index in [-0.39, 0.29) is 24.5 Å². The zero-order valence-electron chi connectivity index (χ0n) is 16.7. The maximum absolute atomic E-state index is 12.4. The molecular formula is C21H24N2O3S3. The summed E-state index contributed by atoms with van der Waals surface area (Å²) in [6.45, 7) is 4.65. The van der Waals surface area contributed by atoms with Gasteiger partial charge in [-0.05, 0) is 56.9 Å². The number of aryl methyl sites for hydroxylation is 2. The van der Waals surface area contributed by atoms with E-state index < -0.39 is 9.84 Å². The molecule has 0 bridgehead atoms. The molecule has 0 unspecified atom stereocenters. The Hall–Kier alpha value is -1.90. The second kappa shape index (κ2) is 9.28. The normalized spacial score (nSPS) is 12.6. The molecule has 0 atom stereocenters. The number of fused-ring (bicyclic) bond motifs is 1. The maximum Gasteiger partial charge on any atom is 0.248 e. The van der Waals surface area contributed by atoms with E-state index >= 15 is 0 Å². The van der Waals surface area contributed by atoms with Gasteiger partial charge in [0.05, 0.1) is 20.9 Å². The Morgan fingerprint density at radius 1 is 1.17 bits per heavy atom. The van der Waals surface area contributed by atoms with Crippen LogP contribution in [0.25, 0.3) is 10.2 Å². The average Bonchev–Trinajstić information content (AvgIpc) is 3.03. The number of thiazole rings is 1. The number of aromatic nitrogens is 1. The summed E-state index contributed by atoms with van der Waals surface area (Å²) >= 11 is 3.16. The van der Waals surface area contributed by atoms with Gasteiger partial charge >= 0.3 is 0 Å². The molecule has 5 nitrogen and oxygen atoms in total. The van der Waals surface area contributed by atoms with Gasteiger partial charge in [0.1, 0.15) is 0 Å². The number of hydrogen-bond donors (Lipinski definition) is 0. The number of nitrogens with zero attached hydrogens (tertiary/aromatic N) is 2. The summed E-state index contributed by atoms with van der Waals surface area (Å²) in [6, 6.07) is 13.0. The lowest BCUT2D eigenvalue weighted by atomic mass is 10.2. The highest BCUT2D eigenvalue weighted by Crippen LogP contribution is 2.24. The van der Waals surface area contributed by atoms with Crippen LogP contribution in [0.4, 0.5) is 0 Å². The van der Waals surface area contributed by atoms with Gasteiger partial charge in [-0.2, -0.15) is 4.99 Å². The minimum Gasteiger partial charge on any atom is -0.317 e. The lowest BCUT2D eigenvalue weighted by Gasteiger charge is -2.04. The van der Waals surface area contributed by atoms with E-state index in [1.54, 1.807) is 36.0 Å². The Balaban J connectivity index is 1.73. The minimum absolute atomic E-state index is 0.0609. The SMILES string of the molecule is CCn1c(=NC(=O)CCCS(=O)(=O)c2ccc(C)cc2)sc2cc(SC)ccc21. The molecule has 1 aromatic heterocycles. The van der Waals surface area contributed by atoms with Gasteiger partial charge in [0.2, 0.25) is 5.91 Å². The molecule has 0 radical (unpaired) electrons. The smallest absolute Gasteiger partial charge is 0.248 e. The summed E-state index contributed by atoms with van der Waals surface area (Å²) in [7, 11) is -3.39. The molecule has 0 saturated carbocycles. The molecule has 1 heterocycles. The van der Waals surface area contributed by atoms with Crippen LogP contribution in [0.2, 0.25) is 0 Å². The zero-order chi connectivity index (χ0) is 21.0. The van der Waals surface area contributed by atoms with Crippen molar-refractivity contribution in [3.8, 4) is 0 Å². The number of rotatable bonds is 7. The van der Waals surface area contributed by atoms with Crippen molar-refractivity contribution in [1.29, 1.82) is 0 Å². The first-order valence-corrected chi connectivity index (χ1v) is 13.1. The van der Waals surface area contributed by atoms with Crippen molar-refractivity contribution in [2.24, 2.45) is 4.99 Å². The van der Waals surface area contributed by atoms with E-state index in [2.05, 4.69) is 23.2 Å². The molecule has 3 rings (SSSR count). The van der Waals surface area contributed by atoms with Crippen molar-refractivity contribution in [3.05, 3.63) is 52.8 Å². The van der Waals surface area contributed by atoms with E-state index in [1.807, 2.05) is 24.7 Å². The Bertz CT molecular complexity index is 1190. The summed E-state index contributed by atoms with van der Waals surface area (Å²) in [5.74, 6) is -0.350. The van der Waals surface area contributed by atoms with E-state index in [0.717, 1.165) is 15.8 Å². The van der Waals surface area contributed by atoms with Crippen molar-refractivity contribution in [2.75, 3.05) is 12.0 Å². The fraction of sp³-hybridized carbons (Fsp3) is 0.333. The minimum atomic E-state index is -3.39. The first kappa shape index (κ1) is 21.8. The van der Waals surface area contributed by atoms with Crippen molar-refractivity contribution in [2.45, 2.75) is 43.0 Å². The molecule has 0 aliphatic heterocycles. The first-order chi connectivity index (χ1) is 13.8. The van der Waals surface area contributed by atoms with Crippen molar-refractivity contribution in [1.82, 2.24) is 4.57 Å². The van der Waals surface area contributed by atoms with Crippen LogP contribution >= 0.6 is 23.1 Å². The van der Waals surface area contributed by atoms with Crippen LogP contribution in [0.3, 0.4) is 0 Å². The third kappa shape index (κ3) is 5.18. The van der Waals surface area contributed by atoms with Crippen molar-refractivity contribution >= 4 is 49.1 Å². The molecule has 8 heteroatoms. The molecule has 1 amide bonds. The monoisotopic (exact) mass is 448 g/mol. The zero-order valence-corrected chi connectivity index (χ0v) is 19.2. The molecule has 0 saturated heterocycles. The van der Waals surface area contributed by atoms with Crippen molar-refractivity contribution in [3.63, 3.8) is 0 Å². The maximum atomic E-state index is 12.4. The molecule has 0 N–H and O–H groups in total. The van der Waals surface area contributed by atoms with Gasteiger partial charge < -0.3 is 4.57 Å². The Labute approximate surface area is 179 Å². The molecule has 0 spiro atoms. The van der Waals surface area contributed by atoms with E-state index in [0.29, 0.717) is 16.2 Å². The van der Waals surface area contributed by atoms with E-state index in [4.69, 9.17) is 0 Å². The summed E-state index contributed by atoms with van der Waals surface area (Å²) in [6.07, 6.45) is 2.40. The average molecular weight is 449 g/mol. The van der Waals surface area contributed by atoms with Crippen LogP contribution in [0.1, 0.15) is 25.3 Å². The van der Waals surface area contributed by atoms with Gasteiger partial charge in [-0.15, -0.1) is 11.8 Å². The largest absolute Gasteiger partial charge is 0.317 e. The number of carbonyl (C=O) groups is 1. The molecule has 0 aliphatic carbocycles. The van der Waals surface area contributed by atoms with Crippen LogP contribution in [0.15, 0.2) is 57.2 Å². The van der Waals surface area contributed by atoms with Gasteiger partial charge in [-0.3, -0.25) is 4.79 Å². The quantitative estimate of drug-likeness (QED) is 0.501. The molecule has 154 valence electrons. The lowest BCUT2D eigenvalue weighted by Crippen LogP contribution is -2.16. The summed E-state index contributed by atoms with van der Waals surface area (Å²) in [4.78, 5) is 18.8. The van der Waals surface area contributed by atoms with Gasteiger partial charge in [0.15, 0.2) is 14.6 Å². The molecule has 0 fully saturated rings. The fourth-order valence-corrected chi connectivity index (χ4v) is 5.99. The molecular weight excluding hydrogens is 424 g/mol. The van der Waals surface area contributed by atoms with Gasteiger partial charge in [0, 0.05) is 17.9 Å². The number of sulfone groups is 1. The summed E-state index contributed by atoms with van der Waals surface area (Å²) < 4.78 is 27.9. The Morgan fingerprint density at radius 2 is 1.90 bits per heavy atom. The third-order valence-corrected chi connectivity index (χ3v) is 8.19. The number of amides is 1. The predicted molar refractivity (Wildman–Crippen MR) is 120 cm³/mol. The second-order valence-electron chi connectivity index (χ2n) is 6.70. The molecule has 0 aliphatic rings. The molecule has 3 aromatic rings. The highest BCUT2D eigenvalue weighted by Gasteiger charge is 2.15. The number of carbonyl (C=O) groups excluding carboxylic acids is 1. The van der Waals surface area contributed by atoms with Crippen LogP contribution in [0.5, 0.6) is 0 Å². The van der Waals surface area contributed by atoms with Crippen LogP contribution < -0.4 is 4.80 Å². The fourth-order valence-electron chi connectivity index (χ4n) is 3.01. The standard InChI is InChI=1S/C21H24N2O3S3/c1-4-23-18-12-9-16(27-3)14-19(18)28-21(23)22-20(24)6-5-13-29(25,26)17-10-7-15(2)8-11-17/h7-12,14H,4-6,13H2,1-3H3.